The van der Waals surface area contributed by atoms with Gasteiger partial charge in [0.15, 0.2) is 0 Å². The van der Waals surface area contributed by atoms with E-state index in [1.807, 2.05) is 6.92 Å². The van der Waals surface area contributed by atoms with E-state index in [1.165, 1.54) is 68.1 Å². The molecule has 3 nitrogen and oxygen atoms in total. The Balaban J connectivity index is 1.51. The highest BCUT2D eigenvalue weighted by Gasteiger charge is 2.13. The molecule has 3 aromatic carbocycles. The number of rotatable bonds is 19. The molecule has 0 aromatic heterocycles. The molecule has 0 saturated heterocycles. The van der Waals surface area contributed by atoms with Crippen LogP contribution in [0.3, 0.4) is 0 Å². The first kappa shape index (κ1) is 31.5. The van der Waals surface area contributed by atoms with Crippen molar-refractivity contribution in [2.75, 3.05) is 6.61 Å². The molecular weight excluding hydrogens is 492 g/mol. The lowest BCUT2D eigenvalue weighted by Gasteiger charge is -2.15. The molecule has 1 atom stereocenters. The van der Waals surface area contributed by atoms with Crippen LogP contribution in [0.1, 0.15) is 116 Å². The summed E-state index contributed by atoms with van der Waals surface area (Å²) in [6.07, 6.45) is 15.2. The van der Waals surface area contributed by atoms with Gasteiger partial charge in [0, 0.05) is 6.42 Å². The van der Waals surface area contributed by atoms with Gasteiger partial charge in [0.25, 0.3) is 0 Å². The third-order valence-corrected chi connectivity index (χ3v) is 7.59. The first-order valence-corrected chi connectivity index (χ1v) is 15.7. The number of ether oxygens (including phenoxy) is 2. The van der Waals surface area contributed by atoms with Crippen LogP contribution in [0.4, 0.5) is 0 Å². The third-order valence-electron chi connectivity index (χ3n) is 7.59. The molecular formula is C37H50O3. The van der Waals surface area contributed by atoms with Crippen LogP contribution in [0, 0.1) is 0 Å². The molecule has 0 N–H and O–H groups in total. The fraction of sp³-hybridized carbons (Fsp3) is 0.486. The maximum Gasteiger partial charge on any atom is 0.306 e. The van der Waals surface area contributed by atoms with Crippen LogP contribution in [0.5, 0.6) is 5.75 Å². The zero-order valence-electron chi connectivity index (χ0n) is 25.1. The average molecular weight is 543 g/mol. The minimum atomic E-state index is -0.249. The predicted octanol–water partition coefficient (Wildman–Crippen LogP) is 11.1. The van der Waals surface area contributed by atoms with E-state index < -0.39 is 0 Å². The molecule has 3 aromatic rings. The van der Waals surface area contributed by atoms with Gasteiger partial charge >= 0.3 is 5.97 Å². The van der Waals surface area contributed by atoms with Gasteiger partial charge in [-0.1, -0.05) is 139 Å². The summed E-state index contributed by atoms with van der Waals surface area (Å²) in [5, 5.41) is 0. The van der Waals surface area contributed by atoms with Crippen LogP contribution in [0.2, 0.25) is 0 Å². The van der Waals surface area contributed by atoms with Gasteiger partial charge in [-0.15, -0.1) is 0 Å². The summed E-state index contributed by atoms with van der Waals surface area (Å²) in [5.41, 5.74) is 5.70. The van der Waals surface area contributed by atoms with Crippen molar-refractivity contribution in [2.24, 2.45) is 0 Å². The Morgan fingerprint density at radius 3 is 1.70 bits per heavy atom. The Labute approximate surface area is 243 Å². The number of hydrogen-bond acceptors (Lipinski definition) is 3. The SMILES string of the molecule is CCCCCCCCCCCOc1ccc(-c2ccccc2-c2ccc(C(C)OC(=O)CCCCC)cc2)cc1. The monoisotopic (exact) mass is 542 g/mol. The largest absolute Gasteiger partial charge is 0.494 e. The number of benzene rings is 3. The summed E-state index contributed by atoms with van der Waals surface area (Å²) in [4.78, 5) is 12.1. The van der Waals surface area contributed by atoms with Crippen molar-refractivity contribution < 1.29 is 14.3 Å². The summed E-state index contributed by atoms with van der Waals surface area (Å²) in [6.45, 7) is 7.13. The van der Waals surface area contributed by atoms with E-state index in [-0.39, 0.29) is 12.1 Å². The summed E-state index contributed by atoms with van der Waals surface area (Å²) >= 11 is 0. The summed E-state index contributed by atoms with van der Waals surface area (Å²) in [6, 6.07) is 25.3. The van der Waals surface area contributed by atoms with Gasteiger partial charge in [0.2, 0.25) is 0 Å². The molecule has 0 aliphatic carbocycles. The van der Waals surface area contributed by atoms with Gasteiger partial charge in [-0.25, -0.2) is 0 Å². The van der Waals surface area contributed by atoms with E-state index in [0.29, 0.717) is 6.42 Å². The molecule has 0 aliphatic heterocycles. The molecule has 216 valence electrons. The van der Waals surface area contributed by atoms with Crippen molar-refractivity contribution in [3.63, 3.8) is 0 Å². The third kappa shape index (κ3) is 10.8. The second-order valence-corrected chi connectivity index (χ2v) is 11.0. The second-order valence-electron chi connectivity index (χ2n) is 11.0. The highest BCUT2D eigenvalue weighted by molar-refractivity contribution is 5.83. The van der Waals surface area contributed by atoms with Gasteiger partial charge in [-0.3, -0.25) is 4.79 Å². The van der Waals surface area contributed by atoms with E-state index in [2.05, 4.69) is 86.6 Å². The molecule has 3 heteroatoms. The Morgan fingerprint density at radius 2 is 1.12 bits per heavy atom. The van der Waals surface area contributed by atoms with Crippen molar-refractivity contribution in [3.8, 4) is 28.0 Å². The van der Waals surface area contributed by atoms with Crippen LogP contribution in [-0.4, -0.2) is 12.6 Å². The average Bonchev–Trinajstić information content (AvgIpc) is 2.98. The van der Waals surface area contributed by atoms with Crippen molar-refractivity contribution in [1.82, 2.24) is 0 Å². The number of carbonyl (C=O) groups excluding carboxylic acids is 1. The Bertz CT molecular complexity index is 1100. The van der Waals surface area contributed by atoms with Crippen LogP contribution in [0.15, 0.2) is 72.8 Å². The van der Waals surface area contributed by atoms with Crippen molar-refractivity contribution >= 4 is 5.97 Å². The number of unbranched alkanes of at least 4 members (excludes halogenated alkanes) is 10. The highest BCUT2D eigenvalue weighted by Crippen LogP contribution is 2.33. The van der Waals surface area contributed by atoms with E-state index >= 15 is 0 Å². The Morgan fingerprint density at radius 1 is 0.625 bits per heavy atom. The lowest BCUT2D eigenvalue weighted by atomic mass is 9.94. The first-order chi connectivity index (χ1) is 19.6. The van der Waals surface area contributed by atoms with Gasteiger partial charge in [0.1, 0.15) is 11.9 Å². The number of esters is 1. The lowest BCUT2D eigenvalue weighted by molar-refractivity contribution is -0.148. The second kappa shape index (κ2) is 18.3. The standard InChI is InChI=1S/C37H50O3/c1-4-6-8-9-10-11-12-13-17-29-39-34-27-25-33(26-28-34)36-19-16-15-18-35(36)32-23-21-31(22-24-32)30(3)40-37(38)20-14-7-5-2/h15-16,18-19,21-28,30H,4-14,17,20,29H2,1-3H3. The number of hydrogen-bond donors (Lipinski definition) is 0. The minimum Gasteiger partial charge on any atom is -0.494 e. The first-order valence-electron chi connectivity index (χ1n) is 15.7. The molecule has 0 bridgehead atoms. The predicted molar refractivity (Wildman–Crippen MR) is 169 cm³/mol. The van der Waals surface area contributed by atoms with Gasteiger partial charge in [0.05, 0.1) is 6.61 Å². The zero-order chi connectivity index (χ0) is 28.4. The van der Waals surface area contributed by atoms with Crippen LogP contribution in [0.25, 0.3) is 22.3 Å². The topological polar surface area (TPSA) is 35.5 Å². The minimum absolute atomic E-state index is 0.115. The maximum absolute atomic E-state index is 12.1. The fourth-order valence-electron chi connectivity index (χ4n) is 5.10. The van der Waals surface area contributed by atoms with Crippen molar-refractivity contribution in [3.05, 3.63) is 78.4 Å². The smallest absolute Gasteiger partial charge is 0.306 e. The molecule has 1 unspecified atom stereocenters. The van der Waals surface area contributed by atoms with Gasteiger partial charge < -0.3 is 9.47 Å². The molecule has 0 amide bonds. The van der Waals surface area contributed by atoms with Gasteiger partial charge in [-0.2, -0.15) is 0 Å². The molecule has 0 heterocycles. The molecule has 0 saturated carbocycles. The van der Waals surface area contributed by atoms with Crippen LogP contribution >= 0.6 is 0 Å². The van der Waals surface area contributed by atoms with E-state index in [1.54, 1.807) is 0 Å². The summed E-state index contributed by atoms with van der Waals surface area (Å²) in [5.74, 6) is 0.819. The Hall–Kier alpha value is -3.07. The fourth-order valence-corrected chi connectivity index (χ4v) is 5.10. The molecule has 3 rings (SSSR count). The van der Waals surface area contributed by atoms with E-state index in [9.17, 15) is 4.79 Å². The molecule has 0 aliphatic rings. The summed E-state index contributed by atoms with van der Waals surface area (Å²) in [7, 11) is 0. The zero-order valence-corrected chi connectivity index (χ0v) is 25.1. The highest BCUT2D eigenvalue weighted by atomic mass is 16.5. The summed E-state index contributed by atoms with van der Waals surface area (Å²) < 4.78 is 11.7. The molecule has 0 radical (unpaired) electrons. The molecule has 40 heavy (non-hydrogen) atoms. The van der Waals surface area contributed by atoms with Crippen LogP contribution < -0.4 is 4.74 Å². The maximum atomic E-state index is 12.1. The van der Waals surface area contributed by atoms with Crippen LogP contribution in [-0.2, 0) is 9.53 Å². The molecule has 0 fully saturated rings. The number of carbonyl (C=O) groups is 1. The van der Waals surface area contributed by atoms with Gasteiger partial charge in [-0.05, 0) is 59.7 Å². The van der Waals surface area contributed by atoms with Crippen molar-refractivity contribution in [1.29, 1.82) is 0 Å². The lowest BCUT2D eigenvalue weighted by Crippen LogP contribution is -2.08. The van der Waals surface area contributed by atoms with E-state index in [0.717, 1.165) is 49.2 Å². The quantitative estimate of drug-likeness (QED) is 0.112. The molecule has 0 spiro atoms. The normalized spacial score (nSPS) is 11.8. The van der Waals surface area contributed by atoms with Crippen molar-refractivity contribution in [2.45, 2.75) is 110 Å². The Kier molecular flexibility index (Phi) is 14.4. The van der Waals surface area contributed by atoms with E-state index in [4.69, 9.17) is 9.47 Å².